The molecule has 0 amide bonds. The molecule has 5 rings (SSSR count). The number of anilines is 1. The lowest BCUT2D eigenvalue weighted by atomic mass is 10.1. The Morgan fingerprint density at radius 3 is 2.93 bits per heavy atom. The Kier molecular flexibility index (Phi) is 5.03. The Hall–Kier alpha value is -2.71. The number of hydrogen-bond donors (Lipinski definition) is 2. The summed E-state index contributed by atoms with van der Waals surface area (Å²) in [5.41, 5.74) is 3.63. The molecule has 4 heterocycles. The van der Waals surface area contributed by atoms with Gasteiger partial charge in [0.05, 0.1) is 12.8 Å². The third-order valence-electron chi connectivity index (χ3n) is 5.14. The van der Waals surface area contributed by atoms with Crippen molar-refractivity contribution < 1.29 is 9.15 Å². The zero-order valence-electron chi connectivity index (χ0n) is 16.0. The number of fused-ring (bicyclic) bond motifs is 2. The zero-order chi connectivity index (χ0) is 19.6. The number of imidazole rings is 1. The molecule has 0 radical (unpaired) electrons. The summed E-state index contributed by atoms with van der Waals surface area (Å²) in [6.45, 7) is 4.56. The van der Waals surface area contributed by atoms with Gasteiger partial charge in [0.2, 0.25) is 5.88 Å². The first-order chi connectivity index (χ1) is 14.3. The van der Waals surface area contributed by atoms with Crippen LogP contribution in [-0.2, 0) is 0 Å². The number of nitrogens with zero attached hydrogens (tertiary/aromatic N) is 4. The minimum Gasteiger partial charge on any atom is -0.477 e. The van der Waals surface area contributed by atoms with Crippen LogP contribution in [0.2, 0.25) is 0 Å². The van der Waals surface area contributed by atoms with Gasteiger partial charge >= 0.3 is 0 Å². The SMILES string of the molecule is SCCCOc1ccc2ncc(-c3cc4c(N5CCNCC5)cccc4o3)n2n1. The van der Waals surface area contributed by atoms with E-state index in [4.69, 9.17) is 9.15 Å². The Labute approximate surface area is 174 Å². The number of nitrogens with one attached hydrogen (secondary N) is 1. The number of furan rings is 1. The minimum absolute atomic E-state index is 0.566. The summed E-state index contributed by atoms with van der Waals surface area (Å²) in [7, 11) is 0. The fraction of sp³-hybridized carbons (Fsp3) is 0.333. The van der Waals surface area contributed by atoms with Gasteiger partial charge in [-0.3, -0.25) is 0 Å². The van der Waals surface area contributed by atoms with Crippen LogP contribution in [0.5, 0.6) is 5.88 Å². The lowest BCUT2D eigenvalue weighted by Crippen LogP contribution is -2.43. The van der Waals surface area contributed by atoms with Crippen LogP contribution in [0.25, 0.3) is 28.1 Å². The summed E-state index contributed by atoms with van der Waals surface area (Å²) < 4.78 is 13.7. The molecule has 0 unspecified atom stereocenters. The summed E-state index contributed by atoms with van der Waals surface area (Å²) in [6, 6.07) is 12.0. The van der Waals surface area contributed by atoms with E-state index in [1.165, 1.54) is 5.69 Å². The summed E-state index contributed by atoms with van der Waals surface area (Å²) in [6.07, 6.45) is 2.67. The molecule has 150 valence electrons. The monoisotopic (exact) mass is 409 g/mol. The van der Waals surface area contributed by atoms with Crippen molar-refractivity contribution in [2.75, 3.05) is 43.4 Å². The molecule has 0 spiro atoms. The number of benzene rings is 1. The molecule has 1 N–H and O–H groups in total. The molecule has 1 aliphatic heterocycles. The number of rotatable bonds is 6. The lowest BCUT2D eigenvalue weighted by Gasteiger charge is -2.29. The van der Waals surface area contributed by atoms with Gasteiger partial charge in [-0.1, -0.05) is 6.07 Å². The highest BCUT2D eigenvalue weighted by atomic mass is 32.1. The van der Waals surface area contributed by atoms with Gasteiger partial charge in [0.15, 0.2) is 11.4 Å². The normalized spacial score (nSPS) is 14.7. The maximum absolute atomic E-state index is 6.20. The van der Waals surface area contributed by atoms with Crippen molar-refractivity contribution >= 4 is 34.9 Å². The highest BCUT2D eigenvalue weighted by Crippen LogP contribution is 2.34. The molecule has 1 aromatic carbocycles. The van der Waals surface area contributed by atoms with Crippen LogP contribution in [0.1, 0.15) is 6.42 Å². The Morgan fingerprint density at radius 1 is 1.17 bits per heavy atom. The standard InChI is InChI=1S/C21H23N5O2S/c29-12-2-11-27-21-6-5-20-23-14-17(26(20)24-21)19-13-15-16(3-1-4-18(15)28-19)25-9-7-22-8-10-25/h1,3-6,13-14,22,29H,2,7-12H2. The van der Waals surface area contributed by atoms with Crippen molar-refractivity contribution in [2.45, 2.75) is 6.42 Å². The molecule has 7 nitrogen and oxygen atoms in total. The van der Waals surface area contributed by atoms with E-state index >= 15 is 0 Å². The highest BCUT2D eigenvalue weighted by Gasteiger charge is 2.18. The molecule has 0 atom stereocenters. The van der Waals surface area contributed by atoms with Crippen LogP contribution in [0, 0.1) is 0 Å². The van der Waals surface area contributed by atoms with Gasteiger partial charge in [-0.05, 0) is 36.4 Å². The van der Waals surface area contributed by atoms with E-state index in [-0.39, 0.29) is 0 Å². The Morgan fingerprint density at radius 2 is 2.07 bits per heavy atom. The smallest absolute Gasteiger partial charge is 0.231 e. The first kappa shape index (κ1) is 18.3. The van der Waals surface area contributed by atoms with E-state index in [2.05, 4.69) is 45.1 Å². The van der Waals surface area contributed by atoms with E-state index in [1.54, 1.807) is 10.7 Å². The van der Waals surface area contributed by atoms with Crippen molar-refractivity contribution in [3.8, 4) is 17.3 Å². The molecular weight excluding hydrogens is 386 g/mol. The maximum atomic E-state index is 6.20. The maximum Gasteiger partial charge on any atom is 0.231 e. The van der Waals surface area contributed by atoms with Gasteiger partial charge in [0.1, 0.15) is 11.3 Å². The van der Waals surface area contributed by atoms with Crippen LogP contribution < -0.4 is 15.0 Å². The second-order valence-corrected chi connectivity index (χ2v) is 7.49. The van der Waals surface area contributed by atoms with Crippen molar-refractivity contribution in [1.82, 2.24) is 19.9 Å². The van der Waals surface area contributed by atoms with E-state index in [0.717, 1.165) is 66.4 Å². The minimum atomic E-state index is 0.566. The lowest BCUT2D eigenvalue weighted by molar-refractivity contribution is 0.302. The number of ether oxygens (including phenoxy) is 1. The fourth-order valence-electron chi connectivity index (χ4n) is 3.70. The van der Waals surface area contributed by atoms with Gasteiger partial charge in [-0.2, -0.15) is 12.6 Å². The molecule has 0 aliphatic carbocycles. The second kappa shape index (κ2) is 7.96. The number of hydrogen-bond acceptors (Lipinski definition) is 7. The van der Waals surface area contributed by atoms with Crippen LogP contribution in [0.15, 0.2) is 47.0 Å². The average molecular weight is 410 g/mol. The van der Waals surface area contributed by atoms with Gasteiger partial charge in [-0.15, -0.1) is 5.10 Å². The molecule has 1 saturated heterocycles. The van der Waals surface area contributed by atoms with Crippen molar-refractivity contribution in [3.63, 3.8) is 0 Å². The van der Waals surface area contributed by atoms with Crippen molar-refractivity contribution in [2.24, 2.45) is 0 Å². The largest absolute Gasteiger partial charge is 0.477 e. The van der Waals surface area contributed by atoms with Crippen molar-refractivity contribution in [1.29, 1.82) is 0 Å². The number of thiol groups is 1. The van der Waals surface area contributed by atoms with Gasteiger partial charge in [-0.25, -0.2) is 9.50 Å². The first-order valence-electron chi connectivity index (χ1n) is 9.90. The number of piperazine rings is 1. The molecule has 1 aliphatic rings. The summed E-state index contributed by atoms with van der Waals surface area (Å²) in [5.74, 6) is 2.10. The molecule has 4 aromatic rings. The van der Waals surface area contributed by atoms with E-state index in [9.17, 15) is 0 Å². The third-order valence-corrected chi connectivity index (χ3v) is 5.46. The van der Waals surface area contributed by atoms with E-state index < -0.39 is 0 Å². The Balaban J connectivity index is 1.53. The topological polar surface area (TPSA) is 67.8 Å². The van der Waals surface area contributed by atoms with Crippen LogP contribution >= 0.6 is 12.6 Å². The van der Waals surface area contributed by atoms with Gasteiger partial charge < -0.3 is 19.4 Å². The predicted octanol–water partition coefficient (Wildman–Crippen LogP) is 3.25. The molecule has 29 heavy (non-hydrogen) atoms. The molecule has 0 saturated carbocycles. The summed E-state index contributed by atoms with van der Waals surface area (Å²) in [5, 5.41) is 9.11. The highest BCUT2D eigenvalue weighted by molar-refractivity contribution is 7.80. The molecule has 8 heteroatoms. The van der Waals surface area contributed by atoms with Crippen LogP contribution in [-0.4, -0.2) is 53.1 Å². The van der Waals surface area contributed by atoms with Crippen LogP contribution in [0.3, 0.4) is 0 Å². The average Bonchev–Trinajstić information content (AvgIpc) is 3.38. The predicted molar refractivity (Wildman–Crippen MR) is 117 cm³/mol. The third kappa shape index (κ3) is 3.54. The quantitative estimate of drug-likeness (QED) is 0.376. The molecule has 3 aromatic heterocycles. The zero-order valence-corrected chi connectivity index (χ0v) is 16.9. The summed E-state index contributed by atoms with van der Waals surface area (Å²) >= 11 is 4.22. The Bertz CT molecular complexity index is 1130. The van der Waals surface area contributed by atoms with Gasteiger partial charge in [0.25, 0.3) is 0 Å². The van der Waals surface area contributed by atoms with E-state index in [1.807, 2.05) is 24.3 Å². The van der Waals surface area contributed by atoms with Gasteiger partial charge in [0, 0.05) is 43.3 Å². The van der Waals surface area contributed by atoms with Crippen molar-refractivity contribution in [3.05, 3.63) is 42.6 Å². The molecule has 1 fully saturated rings. The molecule has 0 bridgehead atoms. The van der Waals surface area contributed by atoms with E-state index in [0.29, 0.717) is 12.5 Å². The second-order valence-electron chi connectivity index (χ2n) is 7.05. The first-order valence-corrected chi connectivity index (χ1v) is 10.5. The van der Waals surface area contributed by atoms with Crippen LogP contribution in [0.4, 0.5) is 5.69 Å². The summed E-state index contributed by atoms with van der Waals surface area (Å²) in [4.78, 5) is 6.87. The number of aromatic nitrogens is 3. The molecular formula is C21H23N5O2S. The fourth-order valence-corrected chi connectivity index (χ4v) is 3.83.